The van der Waals surface area contributed by atoms with Gasteiger partial charge in [0, 0.05) is 24.9 Å². The van der Waals surface area contributed by atoms with Crippen molar-refractivity contribution < 1.29 is 31.9 Å². The average Bonchev–Trinajstić information content (AvgIpc) is 3.55. The highest BCUT2D eigenvalue weighted by Gasteiger charge is 2.70. The van der Waals surface area contributed by atoms with E-state index in [9.17, 15) is 31.9 Å². The Bertz CT molecular complexity index is 1160. The first kappa shape index (κ1) is 25.3. The van der Waals surface area contributed by atoms with E-state index in [-0.39, 0.29) is 36.6 Å². The van der Waals surface area contributed by atoms with Crippen LogP contribution in [-0.2, 0) is 4.79 Å². The second-order valence-corrected chi connectivity index (χ2v) is 12.3. The molecule has 3 saturated carbocycles. The van der Waals surface area contributed by atoms with Gasteiger partial charge in [-0.3, -0.25) is 4.79 Å². The fraction of sp³-hybridized carbons (Fsp3) is 0.633. The molecule has 0 heterocycles. The number of aliphatic hydroxyl groups excluding tert-OH is 1. The molecule has 37 heavy (non-hydrogen) atoms. The molecular weight excluding hydrogens is 487 g/mol. The maximum Gasteiger partial charge on any atom is 0.453 e. The summed E-state index contributed by atoms with van der Waals surface area (Å²) in [6, 6.07) is 8.32. The predicted molar refractivity (Wildman–Crippen MR) is 129 cm³/mol. The Labute approximate surface area is 214 Å². The molecule has 0 aliphatic heterocycles. The van der Waals surface area contributed by atoms with Gasteiger partial charge in [-0.05, 0) is 102 Å². The third-order valence-electron chi connectivity index (χ3n) is 10.5. The van der Waals surface area contributed by atoms with Gasteiger partial charge in [0.2, 0.25) is 0 Å². The van der Waals surface area contributed by atoms with Crippen LogP contribution in [0, 0.1) is 29.1 Å². The highest BCUT2D eigenvalue weighted by atomic mass is 19.4. The second kappa shape index (κ2) is 8.49. The third-order valence-corrected chi connectivity index (χ3v) is 10.5. The number of halogens is 5. The number of hydrogen-bond acceptors (Lipinski definition) is 2. The third kappa shape index (κ3) is 3.85. The van der Waals surface area contributed by atoms with Crippen LogP contribution in [-0.4, -0.2) is 29.6 Å². The van der Waals surface area contributed by atoms with Crippen LogP contribution >= 0.6 is 0 Å². The molecule has 7 heteroatoms. The number of carbonyl (C=O) groups excluding carboxylic acids is 1. The predicted octanol–water partition coefficient (Wildman–Crippen LogP) is 7.50. The maximum absolute atomic E-state index is 14.6. The zero-order chi connectivity index (χ0) is 26.3. The van der Waals surface area contributed by atoms with Crippen molar-refractivity contribution in [3.05, 3.63) is 58.2 Å². The molecule has 7 atom stereocenters. The van der Waals surface area contributed by atoms with Crippen molar-refractivity contribution in [3.63, 3.8) is 0 Å². The van der Waals surface area contributed by atoms with E-state index >= 15 is 0 Å². The first-order chi connectivity index (χ1) is 17.5. The Morgan fingerprint density at radius 3 is 2.32 bits per heavy atom. The van der Waals surface area contributed by atoms with Crippen molar-refractivity contribution in [2.24, 2.45) is 29.1 Å². The normalized spacial score (nSPS) is 37.6. The number of hydrogen-bond donors (Lipinski definition) is 1. The van der Waals surface area contributed by atoms with Gasteiger partial charge < -0.3 is 5.11 Å². The minimum atomic E-state index is -5.53. The van der Waals surface area contributed by atoms with E-state index in [2.05, 4.69) is 24.3 Å². The van der Waals surface area contributed by atoms with Crippen molar-refractivity contribution in [2.75, 3.05) is 6.61 Å². The fourth-order valence-corrected chi connectivity index (χ4v) is 8.54. The number of allylic oxidation sites excluding steroid dienone is 4. The number of alkyl halides is 5. The maximum atomic E-state index is 14.6. The largest absolute Gasteiger partial charge is 0.453 e. The van der Waals surface area contributed by atoms with E-state index in [0.717, 1.165) is 23.1 Å². The van der Waals surface area contributed by atoms with Crippen LogP contribution in [0.3, 0.4) is 0 Å². The van der Waals surface area contributed by atoms with E-state index < -0.39 is 23.4 Å². The van der Waals surface area contributed by atoms with E-state index in [1.807, 2.05) is 0 Å². The Morgan fingerprint density at radius 2 is 1.68 bits per heavy atom. The van der Waals surface area contributed by atoms with Crippen molar-refractivity contribution in [1.82, 2.24) is 0 Å². The summed E-state index contributed by atoms with van der Waals surface area (Å²) in [5.41, 5.74) is 4.56. The standard InChI is InChI=1S/C30H33F5O2/c1-28-11-10-22-21(25(28)8-9-26(28)29(31,32)30(33,34)35)7-6-18-12-20(37)14-24(27(18)22)17-4-2-16(3-5-17)23-13-19(23)15-36/h2-5,12,19,21,23-26,36H,6-11,13-15H2,1H3/t19-,21?,23-,24?,25?,26?,28?/m0/s1. The van der Waals surface area contributed by atoms with Gasteiger partial charge >= 0.3 is 12.1 Å². The minimum absolute atomic E-state index is 0.00770. The topological polar surface area (TPSA) is 37.3 Å². The molecule has 0 aromatic heterocycles. The van der Waals surface area contributed by atoms with Crippen LogP contribution in [0.2, 0.25) is 0 Å². The van der Waals surface area contributed by atoms with Crippen LogP contribution in [0.25, 0.3) is 0 Å². The lowest BCUT2D eigenvalue weighted by molar-refractivity contribution is -0.314. The van der Waals surface area contributed by atoms with E-state index in [0.29, 0.717) is 50.4 Å². The van der Waals surface area contributed by atoms with Crippen LogP contribution in [0.1, 0.15) is 81.3 Å². The van der Waals surface area contributed by atoms with E-state index in [1.54, 1.807) is 13.0 Å². The van der Waals surface area contributed by atoms with Crippen LogP contribution in [0.5, 0.6) is 0 Å². The van der Waals surface area contributed by atoms with Crippen molar-refractivity contribution in [1.29, 1.82) is 0 Å². The summed E-state index contributed by atoms with van der Waals surface area (Å²) in [6.07, 6.45) is 0.0312. The summed E-state index contributed by atoms with van der Waals surface area (Å²) in [7, 11) is 0. The van der Waals surface area contributed by atoms with E-state index in [1.165, 1.54) is 11.1 Å². The molecular formula is C30H33F5O2. The van der Waals surface area contributed by atoms with Crippen LogP contribution < -0.4 is 0 Å². The SMILES string of the molecule is CC12CCC3=C4C(=CC(=O)CC4c4ccc([C@@H]5C[C@H]5CO)cc4)CCC3C1CCC2C(F)(F)C(F)(F)F. The monoisotopic (exact) mass is 520 g/mol. The van der Waals surface area contributed by atoms with E-state index in [4.69, 9.17) is 0 Å². The number of fused-ring (bicyclic) bond motifs is 4. The van der Waals surface area contributed by atoms with Crippen LogP contribution in [0.15, 0.2) is 47.1 Å². The van der Waals surface area contributed by atoms with Gasteiger partial charge in [0.25, 0.3) is 0 Å². The first-order valence-electron chi connectivity index (χ1n) is 13.6. The van der Waals surface area contributed by atoms with Gasteiger partial charge in [-0.25, -0.2) is 0 Å². The minimum Gasteiger partial charge on any atom is -0.396 e. The average molecular weight is 521 g/mol. The Morgan fingerprint density at radius 1 is 0.973 bits per heavy atom. The quantitative estimate of drug-likeness (QED) is 0.418. The highest BCUT2D eigenvalue weighted by Crippen LogP contribution is 2.67. The smallest absolute Gasteiger partial charge is 0.396 e. The number of benzene rings is 1. The Balaban J connectivity index is 1.34. The number of ketones is 1. The molecule has 2 nitrogen and oxygen atoms in total. The number of carbonyl (C=O) groups is 1. The van der Waals surface area contributed by atoms with Crippen molar-refractivity contribution in [3.8, 4) is 0 Å². The molecule has 0 saturated heterocycles. The van der Waals surface area contributed by atoms with Gasteiger partial charge in [0.1, 0.15) is 0 Å². The molecule has 1 aromatic carbocycles. The second-order valence-electron chi connectivity index (χ2n) is 12.3. The molecule has 1 N–H and O–H groups in total. The molecule has 0 amide bonds. The lowest BCUT2D eigenvalue weighted by atomic mass is 9.54. The molecule has 0 spiro atoms. The van der Waals surface area contributed by atoms with Gasteiger partial charge in [-0.1, -0.05) is 36.8 Å². The summed E-state index contributed by atoms with van der Waals surface area (Å²) >= 11 is 0. The summed E-state index contributed by atoms with van der Waals surface area (Å²) in [6.45, 7) is 1.85. The molecule has 0 bridgehead atoms. The summed E-state index contributed by atoms with van der Waals surface area (Å²) in [4.78, 5) is 12.7. The molecule has 1 aromatic rings. The van der Waals surface area contributed by atoms with Crippen molar-refractivity contribution >= 4 is 5.78 Å². The molecule has 3 fully saturated rings. The first-order valence-corrected chi connectivity index (χ1v) is 13.6. The zero-order valence-corrected chi connectivity index (χ0v) is 21.0. The molecule has 5 aliphatic rings. The lowest BCUT2D eigenvalue weighted by Crippen LogP contribution is -2.51. The van der Waals surface area contributed by atoms with Gasteiger partial charge in [-0.2, -0.15) is 22.0 Å². The molecule has 200 valence electrons. The number of rotatable bonds is 4. The summed E-state index contributed by atoms with van der Waals surface area (Å²) in [5, 5.41) is 9.40. The molecule has 0 radical (unpaired) electrons. The van der Waals surface area contributed by atoms with Gasteiger partial charge in [-0.15, -0.1) is 0 Å². The Kier molecular flexibility index (Phi) is 5.80. The summed E-state index contributed by atoms with van der Waals surface area (Å²) < 4.78 is 69.3. The highest BCUT2D eigenvalue weighted by molar-refractivity contribution is 5.94. The lowest BCUT2D eigenvalue weighted by Gasteiger charge is -2.51. The van der Waals surface area contributed by atoms with Crippen molar-refractivity contribution in [2.45, 2.75) is 82.2 Å². The fourth-order valence-electron chi connectivity index (χ4n) is 8.54. The Hall–Kier alpha value is -2.02. The van der Waals surface area contributed by atoms with Crippen LogP contribution in [0.4, 0.5) is 22.0 Å². The molecule has 5 aliphatic carbocycles. The van der Waals surface area contributed by atoms with Gasteiger partial charge in [0.15, 0.2) is 5.78 Å². The number of aliphatic hydroxyl groups is 1. The summed E-state index contributed by atoms with van der Waals surface area (Å²) in [5.74, 6) is -5.90. The van der Waals surface area contributed by atoms with Gasteiger partial charge in [0.05, 0.1) is 0 Å². The molecule has 6 rings (SSSR count). The zero-order valence-electron chi connectivity index (χ0n) is 21.0. The molecule has 5 unspecified atom stereocenters.